The lowest BCUT2D eigenvalue weighted by Gasteiger charge is -2.18. The molecule has 0 radical (unpaired) electrons. The van der Waals surface area contributed by atoms with Crippen LogP contribution >= 0.6 is 0 Å². The maximum atomic E-state index is 11.9. The Hall–Kier alpha value is -0.250. The van der Waals surface area contributed by atoms with E-state index < -0.39 is 12.7 Å². The highest BCUT2D eigenvalue weighted by atomic mass is 19.4. The first kappa shape index (κ1) is 9.31. The molecule has 76 valence electrons. The summed E-state index contributed by atoms with van der Waals surface area (Å²) in [6.07, 6.45) is 0.415. The van der Waals surface area contributed by atoms with Gasteiger partial charge >= 0.3 is 6.18 Å². The highest BCUT2D eigenvalue weighted by molar-refractivity contribution is 4.96. The standard InChI is InChI=1S/C9H14F3N/c10-9(11,12)5-13-8(6-1-2-6)7-3-4-7/h6-8,13H,1-5H2. The van der Waals surface area contributed by atoms with E-state index >= 15 is 0 Å². The third kappa shape index (κ3) is 2.86. The second kappa shape index (κ2) is 3.15. The Labute approximate surface area is 75.7 Å². The van der Waals surface area contributed by atoms with Crippen LogP contribution < -0.4 is 5.32 Å². The van der Waals surface area contributed by atoms with Gasteiger partial charge in [0.25, 0.3) is 0 Å². The molecule has 2 aliphatic rings. The second-order valence-electron chi connectivity index (χ2n) is 4.20. The highest BCUT2D eigenvalue weighted by Gasteiger charge is 2.42. The topological polar surface area (TPSA) is 12.0 Å². The van der Waals surface area contributed by atoms with Crippen LogP contribution in [-0.4, -0.2) is 18.8 Å². The Kier molecular flexibility index (Phi) is 2.26. The van der Waals surface area contributed by atoms with Crippen LogP contribution in [0.15, 0.2) is 0 Å². The summed E-state index contributed by atoms with van der Waals surface area (Å²) in [6, 6.07) is 0.154. The molecule has 1 N–H and O–H groups in total. The summed E-state index contributed by atoms with van der Waals surface area (Å²) in [7, 11) is 0. The molecule has 1 nitrogen and oxygen atoms in total. The summed E-state index contributed by atoms with van der Waals surface area (Å²) in [5, 5.41) is 2.66. The van der Waals surface area contributed by atoms with Gasteiger partial charge in [-0.1, -0.05) is 0 Å². The molecule has 0 aromatic rings. The number of alkyl halides is 3. The van der Waals surface area contributed by atoms with Crippen LogP contribution in [0.25, 0.3) is 0 Å². The third-order valence-corrected chi connectivity index (χ3v) is 2.80. The summed E-state index contributed by atoms with van der Waals surface area (Å²) < 4.78 is 35.8. The van der Waals surface area contributed by atoms with Crippen LogP contribution in [0, 0.1) is 11.8 Å². The van der Waals surface area contributed by atoms with Gasteiger partial charge in [-0.15, -0.1) is 0 Å². The Morgan fingerprint density at radius 3 is 1.85 bits per heavy atom. The third-order valence-electron chi connectivity index (χ3n) is 2.80. The first-order valence-electron chi connectivity index (χ1n) is 4.86. The fourth-order valence-electron chi connectivity index (χ4n) is 1.86. The number of hydrogen-bond acceptors (Lipinski definition) is 1. The van der Waals surface area contributed by atoms with E-state index in [2.05, 4.69) is 5.32 Å². The van der Waals surface area contributed by atoms with E-state index in [0.29, 0.717) is 11.8 Å². The van der Waals surface area contributed by atoms with Crippen LogP contribution in [0.4, 0.5) is 13.2 Å². The van der Waals surface area contributed by atoms with Gasteiger partial charge in [0.05, 0.1) is 6.54 Å². The van der Waals surface area contributed by atoms with E-state index in [9.17, 15) is 13.2 Å². The monoisotopic (exact) mass is 193 g/mol. The molecule has 13 heavy (non-hydrogen) atoms. The molecule has 0 saturated heterocycles. The molecular formula is C9H14F3N. The molecule has 2 fully saturated rings. The summed E-state index contributed by atoms with van der Waals surface area (Å²) >= 11 is 0. The van der Waals surface area contributed by atoms with Crippen molar-refractivity contribution in [3.8, 4) is 0 Å². The van der Waals surface area contributed by atoms with Crippen LogP contribution in [0.3, 0.4) is 0 Å². The minimum atomic E-state index is -4.05. The summed E-state index contributed by atoms with van der Waals surface area (Å²) in [4.78, 5) is 0. The molecule has 0 bridgehead atoms. The Morgan fingerprint density at radius 1 is 1.08 bits per heavy atom. The van der Waals surface area contributed by atoms with Gasteiger partial charge in [0.15, 0.2) is 0 Å². The van der Waals surface area contributed by atoms with Gasteiger partial charge in [0.1, 0.15) is 0 Å². The first-order chi connectivity index (χ1) is 6.06. The van der Waals surface area contributed by atoms with Crippen LogP contribution in [0.2, 0.25) is 0 Å². The number of rotatable bonds is 4. The average molecular weight is 193 g/mol. The molecule has 0 unspecified atom stereocenters. The molecular weight excluding hydrogens is 179 g/mol. The summed E-state index contributed by atoms with van der Waals surface area (Å²) in [6.45, 7) is -0.815. The van der Waals surface area contributed by atoms with Crippen molar-refractivity contribution in [2.45, 2.75) is 37.9 Å². The number of halogens is 3. The first-order valence-corrected chi connectivity index (χ1v) is 4.86. The van der Waals surface area contributed by atoms with Crippen molar-refractivity contribution in [2.24, 2.45) is 11.8 Å². The fourth-order valence-corrected chi connectivity index (χ4v) is 1.86. The van der Waals surface area contributed by atoms with Crippen molar-refractivity contribution >= 4 is 0 Å². The zero-order valence-corrected chi connectivity index (χ0v) is 7.40. The molecule has 0 aliphatic heterocycles. The SMILES string of the molecule is FC(F)(F)CNC(C1CC1)C1CC1. The predicted molar refractivity (Wildman–Crippen MR) is 43.3 cm³/mol. The lowest BCUT2D eigenvalue weighted by atomic mass is 10.1. The number of hydrogen-bond donors (Lipinski definition) is 1. The largest absolute Gasteiger partial charge is 0.401 e. The van der Waals surface area contributed by atoms with Crippen molar-refractivity contribution in [3.05, 3.63) is 0 Å². The molecule has 2 saturated carbocycles. The van der Waals surface area contributed by atoms with Gasteiger partial charge in [0.2, 0.25) is 0 Å². The minimum Gasteiger partial charge on any atom is -0.305 e. The quantitative estimate of drug-likeness (QED) is 0.722. The fraction of sp³-hybridized carbons (Fsp3) is 1.00. The minimum absolute atomic E-state index is 0.154. The Balaban J connectivity index is 1.76. The van der Waals surface area contributed by atoms with Gasteiger partial charge < -0.3 is 5.32 Å². The molecule has 0 aromatic heterocycles. The van der Waals surface area contributed by atoms with E-state index in [1.165, 1.54) is 0 Å². The van der Waals surface area contributed by atoms with E-state index in [4.69, 9.17) is 0 Å². The molecule has 0 spiro atoms. The van der Waals surface area contributed by atoms with Gasteiger partial charge in [-0.25, -0.2) is 0 Å². The van der Waals surface area contributed by atoms with E-state index in [1.54, 1.807) is 0 Å². The molecule has 0 heterocycles. The predicted octanol–water partition coefficient (Wildman–Crippen LogP) is 2.33. The molecule has 2 aliphatic carbocycles. The lowest BCUT2D eigenvalue weighted by molar-refractivity contribution is -0.126. The zero-order chi connectivity index (χ0) is 9.47. The van der Waals surface area contributed by atoms with Crippen LogP contribution in [0.1, 0.15) is 25.7 Å². The molecule has 0 atom stereocenters. The molecule has 0 aromatic carbocycles. The van der Waals surface area contributed by atoms with Gasteiger partial charge in [-0.3, -0.25) is 0 Å². The average Bonchev–Trinajstić information content (AvgIpc) is 2.80. The van der Waals surface area contributed by atoms with Crippen molar-refractivity contribution < 1.29 is 13.2 Å². The molecule has 2 rings (SSSR count). The Morgan fingerprint density at radius 2 is 1.54 bits per heavy atom. The summed E-state index contributed by atoms with van der Waals surface area (Å²) in [5.41, 5.74) is 0. The maximum absolute atomic E-state index is 11.9. The van der Waals surface area contributed by atoms with Crippen molar-refractivity contribution in [3.63, 3.8) is 0 Å². The second-order valence-corrected chi connectivity index (χ2v) is 4.20. The molecule has 4 heteroatoms. The van der Waals surface area contributed by atoms with E-state index in [1.807, 2.05) is 0 Å². The van der Waals surface area contributed by atoms with Crippen LogP contribution in [0.5, 0.6) is 0 Å². The molecule has 0 amide bonds. The van der Waals surface area contributed by atoms with Crippen molar-refractivity contribution in [1.82, 2.24) is 5.32 Å². The Bertz CT molecular complexity index is 170. The van der Waals surface area contributed by atoms with E-state index in [-0.39, 0.29) is 6.04 Å². The normalized spacial score (nSPS) is 24.0. The van der Waals surface area contributed by atoms with Crippen LogP contribution in [-0.2, 0) is 0 Å². The van der Waals surface area contributed by atoms with E-state index in [0.717, 1.165) is 25.7 Å². The maximum Gasteiger partial charge on any atom is 0.401 e. The smallest absolute Gasteiger partial charge is 0.305 e. The van der Waals surface area contributed by atoms with Gasteiger partial charge in [-0.05, 0) is 37.5 Å². The van der Waals surface area contributed by atoms with Gasteiger partial charge in [0, 0.05) is 6.04 Å². The van der Waals surface area contributed by atoms with Crippen molar-refractivity contribution in [1.29, 1.82) is 0 Å². The number of nitrogens with one attached hydrogen (secondary N) is 1. The zero-order valence-electron chi connectivity index (χ0n) is 7.40. The lowest BCUT2D eigenvalue weighted by Crippen LogP contribution is -2.39. The van der Waals surface area contributed by atoms with Gasteiger partial charge in [-0.2, -0.15) is 13.2 Å². The summed E-state index contributed by atoms with van der Waals surface area (Å²) in [5.74, 6) is 1.07. The van der Waals surface area contributed by atoms with Crippen molar-refractivity contribution in [2.75, 3.05) is 6.54 Å². The highest BCUT2D eigenvalue weighted by Crippen LogP contribution is 2.44.